The molecule has 2 rings (SSSR count). The Morgan fingerprint density at radius 3 is 2.85 bits per heavy atom. The summed E-state index contributed by atoms with van der Waals surface area (Å²) >= 11 is 3.07. The van der Waals surface area contributed by atoms with Gasteiger partial charge < -0.3 is 4.74 Å². The standard InChI is InChI=1S/C13H10BrN3O3/c1-20-11-4-8(2-3-9(11)5-15)6-17-7-10(14)12(18)16-13(17)19/h2-4,7H,6H2,1H3,(H,16,18,19). The minimum Gasteiger partial charge on any atom is -0.495 e. The summed E-state index contributed by atoms with van der Waals surface area (Å²) in [6.45, 7) is 0.260. The first-order valence-electron chi connectivity index (χ1n) is 5.61. The Morgan fingerprint density at radius 2 is 2.20 bits per heavy atom. The third-order valence-corrected chi connectivity index (χ3v) is 3.27. The van der Waals surface area contributed by atoms with Crippen LogP contribution in [0.5, 0.6) is 5.75 Å². The fourth-order valence-corrected chi connectivity index (χ4v) is 2.07. The topological polar surface area (TPSA) is 87.9 Å². The molecule has 6 nitrogen and oxygen atoms in total. The summed E-state index contributed by atoms with van der Waals surface area (Å²) in [7, 11) is 1.47. The predicted octanol–water partition coefficient (Wildman–Crippen LogP) is 1.23. The Hall–Kier alpha value is -2.33. The van der Waals surface area contributed by atoms with E-state index in [0.29, 0.717) is 11.3 Å². The van der Waals surface area contributed by atoms with Crippen molar-refractivity contribution in [2.75, 3.05) is 7.11 Å². The third-order valence-electron chi connectivity index (χ3n) is 2.71. The van der Waals surface area contributed by atoms with Crippen molar-refractivity contribution >= 4 is 15.9 Å². The van der Waals surface area contributed by atoms with E-state index < -0.39 is 11.2 Å². The molecule has 1 aromatic heterocycles. The quantitative estimate of drug-likeness (QED) is 0.913. The summed E-state index contributed by atoms with van der Waals surface area (Å²) < 4.78 is 6.74. The number of aromatic nitrogens is 2. The Balaban J connectivity index is 2.41. The van der Waals surface area contributed by atoms with Crippen molar-refractivity contribution in [1.82, 2.24) is 9.55 Å². The van der Waals surface area contributed by atoms with E-state index in [9.17, 15) is 9.59 Å². The zero-order valence-electron chi connectivity index (χ0n) is 10.5. The van der Waals surface area contributed by atoms with Crippen LogP contribution in [0.2, 0.25) is 0 Å². The highest BCUT2D eigenvalue weighted by molar-refractivity contribution is 9.10. The molecule has 1 heterocycles. The summed E-state index contributed by atoms with van der Waals surface area (Å²) in [5, 5.41) is 8.91. The van der Waals surface area contributed by atoms with Crippen molar-refractivity contribution in [3.05, 3.63) is 60.8 Å². The number of nitriles is 1. The van der Waals surface area contributed by atoms with Crippen LogP contribution in [-0.2, 0) is 6.54 Å². The monoisotopic (exact) mass is 335 g/mol. The van der Waals surface area contributed by atoms with Gasteiger partial charge in [0, 0.05) is 6.20 Å². The molecule has 0 fully saturated rings. The Morgan fingerprint density at radius 1 is 1.45 bits per heavy atom. The second-order valence-electron chi connectivity index (χ2n) is 4.01. The summed E-state index contributed by atoms with van der Waals surface area (Å²) in [4.78, 5) is 25.1. The minimum atomic E-state index is -0.499. The van der Waals surface area contributed by atoms with Crippen LogP contribution < -0.4 is 16.0 Å². The van der Waals surface area contributed by atoms with E-state index in [1.54, 1.807) is 18.2 Å². The highest BCUT2D eigenvalue weighted by Crippen LogP contribution is 2.19. The summed E-state index contributed by atoms with van der Waals surface area (Å²) in [5.74, 6) is 0.446. The van der Waals surface area contributed by atoms with E-state index >= 15 is 0 Å². The maximum absolute atomic E-state index is 11.7. The molecule has 20 heavy (non-hydrogen) atoms. The van der Waals surface area contributed by atoms with Crippen LogP contribution >= 0.6 is 15.9 Å². The molecule has 0 spiro atoms. The fraction of sp³-hybridized carbons (Fsp3) is 0.154. The summed E-state index contributed by atoms with van der Waals surface area (Å²) in [5.41, 5.74) is 0.235. The fourth-order valence-electron chi connectivity index (χ4n) is 1.72. The van der Waals surface area contributed by atoms with Crippen LogP contribution in [0, 0.1) is 11.3 Å². The number of hydrogen-bond acceptors (Lipinski definition) is 4. The van der Waals surface area contributed by atoms with Gasteiger partial charge in [-0.25, -0.2) is 4.79 Å². The van der Waals surface area contributed by atoms with Gasteiger partial charge in [-0.05, 0) is 33.6 Å². The first-order chi connectivity index (χ1) is 9.55. The lowest BCUT2D eigenvalue weighted by Crippen LogP contribution is -2.30. The largest absolute Gasteiger partial charge is 0.495 e. The maximum atomic E-state index is 11.7. The zero-order valence-corrected chi connectivity index (χ0v) is 12.1. The lowest BCUT2D eigenvalue weighted by atomic mass is 10.1. The molecule has 0 amide bonds. The zero-order chi connectivity index (χ0) is 14.7. The van der Waals surface area contributed by atoms with Gasteiger partial charge in [0.2, 0.25) is 0 Å². The normalized spacial score (nSPS) is 10.1. The number of H-pyrrole nitrogens is 1. The van der Waals surface area contributed by atoms with Gasteiger partial charge in [-0.1, -0.05) is 6.07 Å². The molecule has 0 aliphatic rings. The smallest absolute Gasteiger partial charge is 0.328 e. The molecule has 0 saturated heterocycles. The molecule has 0 bridgehead atoms. The Kier molecular flexibility index (Phi) is 4.05. The molecule has 0 radical (unpaired) electrons. The van der Waals surface area contributed by atoms with Crippen molar-refractivity contribution in [3.8, 4) is 11.8 Å². The number of nitrogens with zero attached hydrogens (tertiary/aromatic N) is 2. The predicted molar refractivity (Wildman–Crippen MR) is 75.8 cm³/mol. The first kappa shape index (κ1) is 14.1. The van der Waals surface area contributed by atoms with Crippen molar-refractivity contribution in [1.29, 1.82) is 5.26 Å². The van der Waals surface area contributed by atoms with Gasteiger partial charge in [0.25, 0.3) is 5.56 Å². The van der Waals surface area contributed by atoms with Crippen LogP contribution in [0.15, 0.2) is 38.5 Å². The Labute approximate surface area is 122 Å². The first-order valence-corrected chi connectivity index (χ1v) is 6.40. The molecule has 1 N–H and O–H groups in total. The molecule has 0 aliphatic heterocycles. The number of halogens is 1. The maximum Gasteiger partial charge on any atom is 0.328 e. The number of ether oxygens (including phenoxy) is 1. The molecule has 7 heteroatoms. The Bertz CT molecular complexity index is 802. The number of benzene rings is 1. The second-order valence-corrected chi connectivity index (χ2v) is 4.86. The average Bonchev–Trinajstić information content (AvgIpc) is 2.44. The van der Waals surface area contributed by atoms with E-state index in [-0.39, 0.29) is 11.0 Å². The van der Waals surface area contributed by atoms with E-state index in [4.69, 9.17) is 10.00 Å². The van der Waals surface area contributed by atoms with Gasteiger partial charge in [0.05, 0.1) is 23.7 Å². The molecule has 0 aliphatic carbocycles. The lowest BCUT2D eigenvalue weighted by Gasteiger charge is -2.08. The van der Waals surface area contributed by atoms with Gasteiger partial charge in [-0.15, -0.1) is 0 Å². The number of hydrogen-bond donors (Lipinski definition) is 1. The van der Waals surface area contributed by atoms with Crippen molar-refractivity contribution in [2.45, 2.75) is 6.54 Å². The van der Waals surface area contributed by atoms with Gasteiger partial charge >= 0.3 is 5.69 Å². The molecule has 102 valence electrons. The average molecular weight is 336 g/mol. The summed E-state index contributed by atoms with van der Waals surface area (Å²) in [6.07, 6.45) is 1.42. The van der Waals surface area contributed by atoms with E-state index in [2.05, 4.69) is 20.9 Å². The SMILES string of the molecule is COc1cc(Cn2cc(Br)c(=O)[nH]c2=O)ccc1C#N. The second kappa shape index (κ2) is 5.75. The number of nitrogens with one attached hydrogen (secondary N) is 1. The highest BCUT2D eigenvalue weighted by atomic mass is 79.9. The van der Waals surface area contributed by atoms with Gasteiger partial charge in [-0.3, -0.25) is 14.3 Å². The van der Waals surface area contributed by atoms with E-state index in [1.165, 1.54) is 17.9 Å². The van der Waals surface area contributed by atoms with Crippen LogP contribution in [0.3, 0.4) is 0 Å². The van der Waals surface area contributed by atoms with Gasteiger partial charge in [0.1, 0.15) is 11.8 Å². The number of methoxy groups -OCH3 is 1. The van der Waals surface area contributed by atoms with Crippen molar-refractivity contribution in [3.63, 3.8) is 0 Å². The lowest BCUT2D eigenvalue weighted by molar-refractivity contribution is 0.412. The molecular formula is C13H10BrN3O3. The number of rotatable bonds is 3. The molecule has 0 atom stereocenters. The van der Waals surface area contributed by atoms with Crippen molar-refractivity contribution in [2.24, 2.45) is 0 Å². The van der Waals surface area contributed by atoms with Crippen LogP contribution in [0.25, 0.3) is 0 Å². The molecule has 1 aromatic carbocycles. The molecule has 0 unspecified atom stereocenters. The number of aromatic amines is 1. The van der Waals surface area contributed by atoms with E-state index in [1.807, 2.05) is 6.07 Å². The van der Waals surface area contributed by atoms with Gasteiger partial charge in [0.15, 0.2) is 0 Å². The minimum absolute atomic E-state index is 0.260. The third kappa shape index (κ3) is 2.81. The van der Waals surface area contributed by atoms with Crippen molar-refractivity contribution < 1.29 is 4.74 Å². The van der Waals surface area contributed by atoms with Gasteiger partial charge in [-0.2, -0.15) is 5.26 Å². The summed E-state index contributed by atoms with van der Waals surface area (Å²) in [6, 6.07) is 7.06. The molecule has 0 saturated carbocycles. The molecule has 2 aromatic rings. The van der Waals surface area contributed by atoms with E-state index in [0.717, 1.165) is 5.56 Å². The van der Waals surface area contributed by atoms with Crippen LogP contribution in [0.4, 0.5) is 0 Å². The highest BCUT2D eigenvalue weighted by Gasteiger charge is 2.06. The molecular weight excluding hydrogens is 326 g/mol. The van der Waals surface area contributed by atoms with Crippen LogP contribution in [-0.4, -0.2) is 16.7 Å². The van der Waals surface area contributed by atoms with Crippen LogP contribution in [0.1, 0.15) is 11.1 Å².